The highest BCUT2D eigenvalue weighted by molar-refractivity contribution is 7.89. The fraction of sp³-hybridized carbons (Fsp3) is 0.286. The number of aryl methyl sites for hydroxylation is 2. The van der Waals surface area contributed by atoms with Crippen molar-refractivity contribution in [3.63, 3.8) is 0 Å². The van der Waals surface area contributed by atoms with Crippen LogP contribution in [0.2, 0.25) is 0 Å². The maximum Gasteiger partial charge on any atom is 0.344 e. The van der Waals surface area contributed by atoms with Crippen LogP contribution in [0.5, 0.6) is 0 Å². The summed E-state index contributed by atoms with van der Waals surface area (Å²) in [5, 5.41) is 3.20. The van der Waals surface area contributed by atoms with Crippen LogP contribution in [0, 0.1) is 13.8 Å². The van der Waals surface area contributed by atoms with E-state index in [2.05, 4.69) is 15.5 Å². The summed E-state index contributed by atoms with van der Waals surface area (Å²) < 4.78 is 27.4. The van der Waals surface area contributed by atoms with Crippen molar-refractivity contribution in [3.05, 3.63) is 65.2 Å². The highest BCUT2D eigenvalue weighted by Crippen LogP contribution is 2.27. The lowest BCUT2D eigenvalue weighted by Crippen LogP contribution is -2.48. The number of nitrogens with zero attached hydrogens (tertiary/aromatic N) is 1. The number of sulfonamides is 1. The lowest BCUT2D eigenvalue weighted by atomic mass is 9.92. The van der Waals surface area contributed by atoms with Crippen LogP contribution in [0.1, 0.15) is 30.0 Å². The number of rotatable bonds is 7. The van der Waals surface area contributed by atoms with Gasteiger partial charge in [-0.2, -0.15) is 5.01 Å². The Morgan fingerprint density at radius 1 is 1.10 bits per heavy atom. The molecule has 1 atom stereocenters. The molecular formula is C21H24N4O5S. The van der Waals surface area contributed by atoms with Gasteiger partial charge in [0.2, 0.25) is 15.9 Å². The van der Waals surface area contributed by atoms with Crippen molar-refractivity contribution in [3.8, 4) is 0 Å². The number of hydrogen-bond acceptors (Lipinski definition) is 5. The molecule has 0 aromatic heterocycles. The van der Waals surface area contributed by atoms with Gasteiger partial charge in [0.1, 0.15) is 5.54 Å². The number of urea groups is 1. The maximum atomic E-state index is 12.8. The Bertz CT molecular complexity index is 1130. The van der Waals surface area contributed by atoms with Gasteiger partial charge in [-0.25, -0.2) is 17.9 Å². The number of amides is 4. The lowest BCUT2D eigenvalue weighted by molar-refractivity contribution is -0.138. The first-order valence-corrected chi connectivity index (χ1v) is 11.1. The van der Waals surface area contributed by atoms with E-state index in [1.54, 1.807) is 63.2 Å². The van der Waals surface area contributed by atoms with Crippen LogP contribution in [0.3, 0.4) is 0 Å². The van der Waals surface area contributed by atoms with E-state index < -0.39 is 33.4 Å². The molecule has 3 N–H and O–H groups in total. The average molecular weight is 445 g/mol. The Morgan fingerprint density at radius 3 is 2.45 bits per heavy atom. The van der Waals surface area contributed by atoms with Crippen LogP contribution in [-0.2, 0) is 25.2 Å². The molecule has 0 saturated carbocycles. The molecule has 31 heavy (non-hydrogen) atoms. The minimum atomic E-state index is -3.80. The smallest absolute Gasteiger partial charge is 0.318 e. The Labute approximate surface area is 180 Å². The Kier molecular flexibility index (Phi) is 6.14. The zero-order chi connectivity index (χ0) is 22.8. The largest absolute Gasteiger partial charge is 0.344 e. The molecular weight excluding hydrogens is 420 g/mol. The van der Waals surface area contributed by atoms with Gasteiger partial charge in [-0.1, -0.05) is 42.5 Å². The monoisotopic (exact) mass is 444 g/mol. The van der Waals surface area contributed by atoms with E-state index in [1.165, 1.54) is 0 Å². The Hall–Kier alpha value is -3.24. The van der Waals surface area contributed by atoms with E-state index in [1.807, 2.05) is 6.07 Å². The third kappa shape index (κ3) is 4.59. The van der Waals surface area contributed by atoms with Gasteiger partial charge < -0.3 is 5.32 Å². The average Bonchev–Trinajstić information content (AvgIpc) is 2.94. The summed E-state index contributed by atoms with van der Waals surface area (Å²) in [7, 11) is -3.80. The minimum Gasteiger partial charge on any atom is -0.318 e. The van der Waals surface area contributed by atoms with E-state index in [0.717, 1.165) is 5.56 Å². The summed E-state index contributed by atoms with van der Waals surface area (Å²) in [5.41, 5.74) is 2.89. The molecule has 2 aromatic carbocycles. The van der Waals surface area contributed by atoms with Crippen LogP contribution in [0.4, 0.5) is 4.79 Å². The SMILES string of the molecule is Cc1ccc(C)c(S(=O)(=O)NCCC(=O)NN2C(=O)N[C@@](C)(c3ccccc3)C2=O)c1. The summed E-state index contributed by atoms with van der Waals surface area (Å²) in [6.07, 6.45) is -0.261. The summed E-state index contributed by atoms with van der Waals surface area (Å²) >= 11 is 0. The Morgan fingerprint density at radius 2 is 1.77 bits per heavy atom. The van der Waals surface area contributed by atoms with Gasteiger partial charge in [0.25, 0.3) is 5.91 Å². The van der Waals surface area contributed by atoms with Crippen molar-refractivity contribution >= 4 is 27.9 Å². The molecule has 0 bridgehead atoms. The van der Waals surface area contributed by atoms with E-state index in [4.69, 9.17) is 0 Å². The van der Waals surface area contributed by atoms with Gasteiger partial charge in [0.15, 0.2) is 0 Å². The first kappa shape index (κ1) is 22.4. The molecule has 3 rings (SSSR count). The van der Waals surface area contributed by atoms with E-state index >= 15 is 0 Å². The van der Waals surface area contributed by atoms with Crippen LogP contribution in [0.15, 0.2) is 53.4 Å². The molecule has 0 spiro atoms. The summed E-state index contributed by atoms with van der Waals surface area (Å²) in [6, 6.07) is 13.0. The second-order valence-corrected chi connectivity index (χ2v) is 9.25. The second kappa shape index (κ2) is 8.48. The minimum absolute atomic E-state index is 0.139. The highest BCUT2D eigenvalue weighted by atomic mass is 32.2. The normalized spacial score (nSPS) is 18.7. The van der Waals surface area contributed by atoms with Crippen molar-refractivity contribution in [2.45, 2.75) is 37.6 Å². The van der Waals surface area contributed by atoms with Crippen LogP contribution >= 0.6 is 0 Å². The van der Waals surface area contributed by atoms with Crippen molar-refractivity contribution in [1.29, 1.82) is 0 Å². The Balaban J connectivity index is 1.60. The zero-order valence-electron chi connectivity index (χ0n) is 17.4. The molecule has 1 heterocycles. The topological polar surface area (TPSA) is 125 Å². The molecule has 10 heteroatoms. The van der Waals surface area contributed by atoms with Crippen LogP contribution in [0.25, 0.3) is 0 Å². The highest BCUT2D eigenvalue weighted by Gasteiger charge is 2.49. The summed E-state index contributed by atoms with van der Waals surface area (Å²) in [4.78, 5) is 37.4. The van der Waals surface area contributed by atoms with Crippen molar-refractivity contribution in [2.75, 3.05) is 6.54 Å². The molecule has 2 aromatic rings. The summed E-state index contributed by atoms with van der Waals surface area (Å²) in [5.74, 6) is -1.31. The number of benzene rings is 2. The molecule has 0 unspecified atom stereocenters. The molecule has 164 valence electrons. The first-order chi connectivity index (χ1) is 14.5. The molecule has 0 aliphatic carbocycles. The van der Waals surface area contributed by atoms with E-state index in [9.17, 15) is 22.8 Å². The zero-order valence-corrected chi connectivity index (χ0v) is 18.2. The van der Waals surface area contributed by atoms with Gasteiger partial charge in [-0.3, -0.25) is 15.0 Å². The quantitative estimate of drug-likeness (QED) is 0.558. The van der Waals surface area contributed by atoms with Crippen molar-refractivity contribution < 1.29 is 22.8 Å². The van der Waals surface area contributed by atoms with E-state index in [-0.39, 0.29) is 17.9 Å². The predicted octanol–water partition coefficient (Wildman–Crippen LogP) is 1.47. The van der Waals surface area contributed by atoms with Gasteiger partial charge in [-0.15, -0.1) is 0 Å². The van der Waals surface area contributed by atoms with Crippen LogP contribution in [-0.4, -0.2) is 37.8 Å². The molecule has 1 aliphatic rings. The van der Waals surface area contributed by atoms with E-state index in [0.29, 0.717) is 16.1 Å². The summed E-state index contributed by atoms with van der Waals surface area (Å²) in [6.45, 7) is 4.82. The van der Waals surface area contributed by atoms with Gasteiger partial charge in [-0.05, 0) is 43.5 Å². The third-order valence-electron chi connectivity index (χ3n) is 5.06. The standard InChI is InChI=1S/C21H24N4O5S/c1-14-9-10-15(2)17(13-14)31(29,30)22-12-11-18(26)24-25-19(27)21(3,23-20(25)28)16-7-5-4-6-8-16/h4-10,13,22H,11-12H2,1-3H3,(H,23,28)(H,24,26)/t21-/m0/s1. The number of hydrogen-bond donors (Lipinski definition) is 3. The van der Waals surface area contributed by atoms with Gasteiger partial charge in [0.05, 0.1) is 4.90 Å². The molecule has 1 aliphatic heterocycles. The fourth-order valence-electron chi connectivity index (χ4n) is 3.26. The van der Waals surface area contributed by atoms with Crippen molar-refractivity contribution in [1.82, 2.24) is 20.5 Å². The number of imide groups is 1. The number of carbonyl (C=O) groups is 3. The number of nitrogens with one attached hydrogen (secondary N) is 3. The molecule has 1 saturated heterocycles. The molecule has 1 fully saturated rings. The molecule has 4 amide bonds. The second-order valence-electron chi connectivity index (χ2n) is 7.51. The fourth-order valence-corrected chi connectivity index (χ4v) is 4.62. The number of hydrazine groups is 1. The predicted molar refractivity (Wildman–Crippen MR) is 113 cm³/mol. The molecule has 0 radical (unpaired) electrons. The maximum absolute atomic E-state index is 12.8. The number of carbonyl (C=O) groups excluding carboxylic acids is 3. The lowest BCUT2D eigenvalue weighted by Gasteiger charge is -2.22. The van der Waals surface area contributed by atoms with Gasteiger partial charge >= 0.3 is 6.03 Å². The third-order valence-corrected chi connectivity index (χ3v) is 6.66. The van der Waals surface area contributed by atoms with Gasteiger partial charge in [0, 0.05) is 13.0 Å². The van der Waals surface area contributed by atoms with Crippen molar-refractivity contribution in [2.24, 2.45) is 0 Å². The van der Waals surface area contributed by atoms with Crippen LogP contribution < -0.4 is 15.5 Å². The molecule has 9 nitrogen and oxygen atoms in total. The first-order valence-electron chi connectivity index (χ1n) is 9.63.